The lowest BCUT2D eigenvalue weighted by atomic mass is 9.69. The molecule has 4 heterocycles. The number of nitrogens with zero attached hydrogens (tertiary/aromatic N) is 5. The molecule has 1 saturated heterocycles. The number of methoxy groups -OCH3 is 1. The molecule has 1 aliphatic carbocycles. The minimum atomic E-state index is -0.671. The van der Waals surface area contributed by atoms with Gasteiger partial charge in [-0.05, 0) is 49.3 Å². The van der Waals surface area contributed by atoms with E-state index in [0.29, 0.717) is 23.2 Å². The van der Waals surface area contributed by atoms with Crippen LogP contribution in [0.2, 0.25) is 0 Å². The number of carbonyl (C=O) groups is 1. The Hall–Kier alpha value is -3.75. The summed E-state index contributed by atoms with van der Waals surface area (Å²) in [5.41, 5.74) is 0.853. The smallest absolute Gasteiger partial charge is 0.306 e. The van der Waals surface area contributed by atoms with E-state index in [1.54, 1.807) is 31.8 Å². The zero-order valence-electron chi connectivity index (χ0n) is 19.1. The molecule has 3 aromatic rings. The third-order valence-electron chi connectivity index (χ3n) is 6.91. The highest BCUT2D eigenvalue weighted by molar-refractivity contribution is 5.70. The zero-order chi connectivity index (χ0) is 23.5. The fourth-order valence-electron chi connectivity index (χ4n) is 5.18. The van der Waals surface area contributed by atoms with E-state index in [2.05, 4.69) is 20.2 Å². The van der Waals surface area contributed by atoms with Crippen molar-refractivity contribution in [2.45, 2.75) is 32.1 Å². The lowest BCUT2D eigenvalue weighted by Gasteiger charge is -2.36. The summed E-state index contributed by atoms with van der Waals surface area (Å²) < 4.78 is 5.31. The molecule has 0 radical (unpaired) electrons. The second kappa shape index (κ2) is 9.24. The summed E-state index contributed by atoms with van der Waals surface area (Å²) in [6.07, 6.45) is 9.66. The molecule has 1 spiro atoms. The van der Waals surface area contributed by atoms with E-state index in [-0.39, 0.29) is 11.3 Å². The summed E-state index contributed by atoms with van der Waals surface area (Å²) in [6, 6.07) is 9.32. The average Bonchev–Trinajstić information content (AvgIpc) is 3.27. The van der Waals surface area contributed by atoms with Gasteiger partial charge in [-0.1, -0.05) is 6.42 Å². The predicted molar refractivity (Wildman–Crippen MR) is 128 cm³/mol. The molecular formula is C25H28N6O3. The Morgan fingerprint density at radius 2 is 2.12 bits per heavy atom. The average molecular weight is 461 g/mol. The van der Waals surface area contributed by atoms with E-state index in [1.807, 2.05) is 24.3 Å². The van der Waals surface area contributed by atoms with Crippen molar-refractivity contribution in [3.63, 3.8) is 0 Å². The Labute approximate surface area is 198 Å². The van der Waals surface area contributed by atoms with Gasteiger partial charge in [0.25, 0.3) is 0 Å². The van der Waals surface area contributed by atoms with E-state index in [9.17, 15) is 9.90 Å². The molecule has 0 aromatic carbocycles. The molecule has 5 rings (SSSR count). The number of nitrogens with one attached hydrogen (secondary N) is 1. The number of aliphatic carboxylic acids is 1. The lowest BCUT2D eigenvalue weighted by Crippen LogP contribution is -2.35. The first-order valence-corrected chi connectivity index (χ1v) is 11.6. The number of pyridine rings is 2. The molecular weight excluding hydrogens is 432 g/mol. The molecule has 2 atom stereocenters. The number of hydrogen-bond donors (Lipinski definition) is 2. The Bertz CT molecular complexity index is 1170. The Kier molecular flexibility index (Phi) is 6.00. The second-order valence-electron chi connectivity index (χ2n) is 9.19. The molecule has 9 nitrogen and oxygen atoms in total. The zero-order valence-corrected chi connectivity index (χ0v) is 19.1. The third-order valence-corrected chi connectivity index (χ3v) is 6.91. The van der Waals surface area contributed by atoms with Crippen molar-refractivity contribution in [2.24, 2.45) is 11.3 Å². The number of aromatic nitrogens is 4. The van der Waals surface area contributed by atoms with Crippen LogP contribution in [0.4, 0.5) is 17.5 Å². The molecule has 3 aromatic heterocycles. The molecule has 2 unspecified atom stereocenters. The maximum absolute atomic E-state index is 11.6. The molecule has 2 fully saturated rings. The van der Waals surface area contributed by atoms with Crippen LogP contribution in [-0.4, -0.2) is 51.2 Å². The van der Waals surface area contributed by atoms with E-state index in [4.69, 9.17) is 14.7 Å². The van der Waals surface area contributed by atoms with Crippen molar-refractivity contribution >= 4 is 23.4 Å². The minimum Gasteiger partial charge on any atom is -0.497 e. The number of hydrogen-bond acceptors (Lipinski definition) is 8. The SMILES string of the molecule is COc1ccnc(Nc2cc(N3CCC4(CCCC(C(=O)O)C4)C3)nc(-c3cccnc3)n2)c1. The summed E-state index contributed by atoms with van der Waals surface area (Å²) in [5.74, 6) is 2.41. The number of anilines is 3. The Balaban J connectivity index is 1.45. The Morgan fingerprint density at radius 1 is 1.21 bits per heavy atom. The summed E-state index contributed by atoms with van der Waals surface area (Å²) in [5, 5.41) is 12.9. The van der Waals surface area contributed by atoms with Crippen LogP contribution >= 0.6 is 0 Å². The molecule has 2 N–H and O–H groups in total. The highest BCUT2D eigenvalue weighted by atomic mass is 16.5. The van der Waals surface area contributed by atoms with Crippen molar-refractivity contribution < 1.29 is 14.6 Å². The number of rotatable bonds is 6. The molecule has 9 heteroatoms. The Morgan fingerprint density at radius 3 is 2.91 bits per heavy atom. The number of carboxylic acids is 1. The van der Waals surface area contributed by atoms with E-state index in [0.717, 1.165) is 56.6 Å². The lowest BCUT2D eigenvalue weighted by molar-refractivity contribution is -0.144. The van der Waals surface area contributed by atoms with Gasteiger partial charge in [-0.25, -0.2) is 15.0 Å². The van der Waals surface area contributed by atoms with Gasteiger partial charge >= 0.3 is 5.97 Å². The molecule has 2 aliphatic rings. The molecule has 1 saturated carbocycles. The normalized spacial score (nSPS) is 22.0. The van der Waals surface area contributed by atoms with Crippen LogP contribution < -0.4 is 15.0 Å². The molecule has 0 bridgehead atoms. The topological polar surface area (TPSA) is 113 Å². The minimum absolute atomic E-state index is 0.0304. The van der Waals surface area contributed by atoms with Crippen LogP contribution in [0, 0.1) is 11.3 Å². The van der Waals surface area contributed by atoms with Crippen LogP contribution in [0.25, 0.3) is 11.4 Å². The standard InChI is InChI=1S/C25H28N6O3/c1-34-19-6-10-27-20(12-19)28-21-13-22(30-23(29-21)18-5-3-9-26-15-18)31-11-8-25(16-31)7-2-4-17(14-25)24(32)33/h3,5-6,9-10,12-13,15,17H,2,4,7-8,11,14,16H2,1H3,(H,32,33)(H,27,28,29,30). The van der Waals surface area contributed by atoms with Crippen LogP contribution in [0.15, 0.2) is 48.9 Å². The quantitative estimate of drug-likeness (QED) is 0.560. The first kappa shape index (κ1) is 22.1. The van der Waals surface area contributed by atoms with Gasteiger partial charge in [0.15, 0.2) is 5.82 Å². The summed E-state index contributed by atoms with van der Waals surface area (Å²) >= 11 is 0. The van der Waals surface area contributed by atoms with Crippen molar-refractivity contribution in [1.29, 1.82) is 0 Å². The summed E-state index contributed by atoms with van der Waals surface area (Å²) in [7, 11) is 1.62. The fraction of sp³-hybridized carbons (Fsp3) is 0.400. The first-order chi connectivity index (χ1) is 16.5. The van der Waals surface area contributed by atoms with Crippen LogP contribution in [-0.2, 0) is 4.79 Å². The monoisotopic (exact) mass is 460 g/mol. The van der Waals surface area contributed by atoms with Crippen molar-refractivity contribution in [2.75, 3.05) is 30.4 Å². The number of carboxylic acid groups (broad SMARTS) is 1. The van der Waals surface area contributed by atoms with Crippen LogP contribution in [0.1, 0.15) is 32.1 Å². The highest BCUT2D eigenvalue weighted by Gasteiger charge is 2.44. The maximum atomic E-state index is 11.6. The predicted octanol–water partition coefficient (Wildman–Crippen LogP) is 4.16. The number of ether oxygens (including phenoxy) is 1. The fourth-order valence-corrected chi connectivity index (χ4v) is 5.18. The van der Waals surface area contributed by atoms with Crippen molar-refractivity contribution in [1.82, 2.24) is 19.9 Å². The largest absolute Gasteiger partial charge is 0.497 e. The van der Waals surface area contributed by atoms with Gasteiger partial charge in [0.2, 0.25) is 0 Å². The van der Waals surface area contributed by atoms with Gasteiger partial charge in [0, 0.05) is 49.4 Å². The van der Waals surface area contributed by atoms with E-state index in [1.165, 1.54) is 0 Å². The summed E-state index contributed by atoms with van der Waals surface area (Å²) in [4.78, 5) is 32.1. The molecule has 34 heavy (non-hydrogen) atoms. The highest BCUT2D eigenvalue weighted by Crippen LogP contribution is 2.47. The van der Waals surface area contributed by atoms with E-state index >= 15 is 0 Å². The molecule has 176 valence electrons. The van der Waals surface area contributed by atoms with E-state index < -0.39 is 5.97 Å². The van der Waals surface area contributed by atoms with Gasteiger partial charge in [0.05, 0.1) is 13.0 Å². The van der Waals surface area contributed by atoms with Gasteiger partial charge < -0.3 is 20.1 Å². The molecule has 1 aliphatic heterocycles. The van der Waals surface area contributed by atoms with Gasteiger partial charge in [0.1, 0.15) is 23.2 Å². The van der Waals surface area contributed by atoms with Crippen LogP contribution in [0.5, 0.6) is 5.75 Å². The third kappa shape index (κ3) is 4.64. The van der Waals surface area contributed by atoms with Crippen molar-refractivity contribution in [3.8, 4) is 17.1 Å². The summed E-state index contributed by atoms with van der Waals surface area (Å²) in [6.45, 7) is 1.64. The first-order valence-electron chi connectivity index (χ1n) is 11.6. The van der Waals surface area contributed by atoms with Gasteiger partial charge in [-0.15, -0.1) is 0 Å². The maximum Gasteiger partial charge on any atom is 0.306 e. The van der Waals surface area contributed by atoms with Gasteiger partial charge in [-0.3, -0.25) is 9.78 Å². The van der Waals surface area contributed by atoms with Crippen LogP contribution in [0.3, 0.4) is 0 Å². The molecule has 0 amide bonds. The van der Waals surface area contributed by atoms with Gasteiger partial charge in [-0.2, -0.15) is 0 Å². The van der Waals surface area contributed by atoms with Crippen molar-refractivity contribution in [3.05, 3.63) is 48.9 Å². The second-order valence-corrected chi connectivity index (χ2v) is 9.19.